The second kappa shape index (κ2) is 5.74. The highest BCUT2D eigenvalue weighted by atomic mass is 16.6. The molecular weight excluding hydrogens is 282 g/mol. The van der Waals surface area contributed by atoms with Crippen LogP contribution in [0.2, 0.25) is 0 Å². The minimum atomic E-state index is -0.547. The van der Waals surface area contributed by atoms with Gasteiger partial charge in [0, 0.05) is 18.4 Å². The number of amides is 1. The first-order valence-corrected chi connectivity index (χ1v) is 8.03. The highest BCUT2D eigenvalue weighted by Gasteiger charge is 2.53. The predicted octanol–water partition coefficient (Wildman–Crippen LogP) is 1.96. The maximum Gasteiger partial charge on any atom is 0.307 e. The van der Waals surface area contributed by atoms with Crippen LogP contribution in [0.3, 0.4) is 0 Å². The fourth-order valence-corrected chi connectivity index (χ4v) is 3.69. The Hall–Kier alpha value is -1.85. The molecule has 0 aromatic carbocycles. The first-order chi connectivity index (χ1) is 10.5. The molecule has 120 valence electrons. The Kier molecular flexibility index (Phi) is 3.93. The number of rotatable bonds is 4. The molecule has 1 aliphatic carbocycles. The summed E-state index contributed by atoms with van der Waals surface area (Å²) in [6, 6.07) is 0.298. The number of aromatic nitrogens is 2. The molecule has 2 aliphatic rings. The van der Waals surface area contributed by atoms with Gasteiger partial charge in [-0.3, -0.25) is 9.59 Å². The number of nitrogens with one attached hydrogen (secondary N) is 1. The maximum atomic E-state index is 12.5. The van der Waals surface area contributed by atoms with Crippen LogP contribution in [-0.2, 0) is 20.9 Å². The van der Waals surface area contributed by atoms with Crippen LogP contribution in [0.5, 0.6) is 0 Å². The molecule has 1 saturated heterocycles. The molecule has 1 atom stereocenters. The summed E-state index contributed by atoms with van der Waals surface area (Å²) < 4.78 is 7.55. The SMILES string of the molecule is CC(C)n1ccnc1CNC(=O)[C@@H]1CC(=O)OC12CCCC2. The van der Waals surface area contributed by atoms with Gasteiger partial charge in [-0.2, -0.15) is 0 Å². The van der Waals surface area contributed by atoms with E-state index in [1.54, 1.807) is 6.20 Å². The van der Waals surface area contributed by atoms with E-state index in [0.717, 1.165) is 31.5 Å². The Balaban J connectivity index is 1.66. The van der Waals surface area contributed by atoms with Crippen molar-refractivity contribution in [1.82, 2.24) is 14.9 Å². The minimum absolute atomic E-state index is 0.0916. The quantitative estimate of drug-likeness (QED) is 0.863. The fraction of sp³-hybridized carbons (Fsp3) is 0.688. The minimum Gasteiger partial charge on any atom is -0.458 e. The van der Waals surface area contributed by atoms with Crippen LogP contribution in [0.25, 0.3) is 0 Å². The number of hydrogen-bond donors (Lipinski definition) is 1. The van der Waals surface area contributed by atoms with Gasteiger partial charge in [0.2, 0.25) is 5.91 Å². The van der Waals surface area contributed by atoms with Crippen molar-refractivity contribution in [2.45, 2.75) is 64.1 Å². The van der Waals surface area contributed by atoms with Gasteiger partial charge < -0.3 is 14.6 Å². The zero-order chi connectivity index (χ0) is 15.7. The third-order valence-electron chi connectivity index (χ3n) is 4.82. The molecule has 3 rings (SSSR count). The molecule has 1 amide bonds. The molecule has 1 N–H and O–H groups in total. The van der Waals surface area contributed by atoms with E-state index in [2.05, 4.69) is 24.1 Å². The number of nitrogens with zero attached hydrogens (tertiary/aromatic N) is 2. The van der Waals surface area contributed by atoms with Crippen LogP contribution < -0.4 is 5.32 Å². The van der Waals surface area contributed by atoms with Gasteiger partial charge in [0.05, 0.1) is 18.9 Å². The van der Waals surface area contributed by atoms with E-state index < -0.39 is 5.60 Å². The highest BCUT2D eigenvalue weighted by molar-refractivity contribution is 5.87. The lowest BCUT2D eigenvalue weighted by atomic mass is 9.85. The number of imidazole rings is 1. The standard InChI is InChI=1S/C16H23N3O3/c1-11(2)19-8-7-17-13(19)10-18-15(21)12-9-14(20)22-16(12)5-3-4-6-16/h7-8,11-12H,3-6,9-10H2,1-2H3,(H,18,21)/t12-/m0/s1. The van der Waals surface area contributed by atoms with Crippen LogP contribution in [0.4, 0.5) is 0 Å². The molecule has 1 spiro atoms. The molecule has 2 heterocycles. The Morgan fingerprint density at radius 3 is 2.91 bits per heavy atom. The molecule has 1 aromatic rings. The third kappa shape index (κ3) is 2.62. The van der Waals surface area contributed by atoms with Crippen molar-refractivity contribution in [3.05, 3.63) is 18.2 Å². The second-order valence-electron chi connectivity index (χ2n) is 6.56. The Bertz CT molecular complexity index is 573. The normalized spacial score (nSPS) is 23.2. The van der Waals surface area contributed by atoms with E-state index in [-0.39, 0.29) is 24.2 Å². The van der Waals surface area contributed by atoms with E-state index in [0.29, 0.717) is 12.6 Å². The number of esters is 1. The van der Waals surface area contributed by atoms with Gasteiger partial charge in [-0.15, -0.1) is 0 Å². The molecule has 22 heavy (non-hydrogen) atoms. The average Bonchev–Trinajstić information content (AvgIpc) is 3.17. The van der Waals surface area contributed by atoms with Crippen molar-refractivity contribution in [1.29, 1.82) is 0 Å². The molecule has 0 unspecified atom stereocenters. The molecule has 0 radical (unpaired) electrons. The van der Waals surface area contributed by atoms with Crippen LogP contribution in [0.1, 0.15) is 57.8 Å². The molecular formula is C16H23N3O3. The first kappa shape index (κ1) is 15.1. The smallest absolute Gasteiger partial charge is 0.307 e. The van der Waals surface area contributed by atoms with Gasteiger partial charge in [-0.1, -0.05) is 0 Å². The summed E-state index contributed by atoms with van der Waals surface area (Å²) in [6.07, 6.45) is 7.50. The largest absolute Gasteiger partial charge is 0.458 e. The molecule has 6 nitrogen and oxygen atoms in total. The molecule has 0 bridgehead atoms. The summed E-state index contributed by atoms with van der Waals surface area (Å²) in [6.45, 7) is 4.53. The predicted molar refractivity (Wildman–Crippen MR) is 79.9 cm³/mol. The van der Waals surface area contributed by atoms with Gasteiger partial charge in [-0.05, 0) is 39.5 Å². The lowest BCUT2D eigenvalue weighted by molar-refractivity contribution is -0.150. The van der Waals surface area contributed by atoms with E-state index in [1.165, 1.54) is 0 Å². The van der Waals surface area contributed by atoms with Gasteiger partial charge in [0.15, 0.2) is 0 Å². The summed E-state index contributed by atoms with van der Waals surface area (Å²) in [7, 11) is 0. The van der Waals surface area contributed by atoms with Crippen molar-refractivity contribution in [2.24, 2.45) is 5.92 Å². The Labute approximate surface area is 130 Å². The Morgan fingerprint density at radius 1 is 1.50 bits per heavy atom. The van der Waals surface area contributed by atoms with Crippen LogP contribution >= 0.6 is 0 Å². The van der Waals surface area contributed by atoms with Crippen molar-refractivity contribution >= 4 is 11.9 Å². The maximum absolute atomic E-state index is 12.5. The van der Waals surface area contributed by atoms with Gasteiger partial charge in [0.1, 0.15) is 11.4 Å². The number of carbonyl (C=O) groups excluding carboxylic acids is 2. The number of ether oxygens (including phenoxy) is 1. The molecule has 2 fully saturated rings. The molecule has 1 saturated carbocycles. The fourth-order valence-electron chi connectivity index (χ4n) is 3.69. The zero-order valence-electron chi connectivity index (χ0n) is 13.2. The van der Waals surface area contributed by atoms with E-state index in [1.807, 2.05) is 10.8 Å². The van der Waals surface area contributed by atoms with Crippen LogP contribution in [0.15, 0.2) is 12.4 Å². The van der Waals surface area contributed by atoms with Crippen LogP contribution in [-0.4, -0.2) is 27.0 Å². The van der Waals surface area contributed by atoms with E-state index >= 15 is 0 Å². The summed E-state index contributed by atoms with van der Waals surface area (Å²) in [5.74, 6) is 0.135. The summed E-state index contributed by atoms with van der Waals surface area (Å²) in [5.41, 5.74) is -0.547. The summed E-state index contributed by atoms with van der Waals surface area (Å²) in [4.78, 5) is 28.5. The monoisotopic (exact) mass is 305 g/mol. The van der Waals surface area contributed by atoms with Gasteiger partial charge in [0.25, 0.3) is 0 Å². The van der Waals surface area contributed by atoms with E-state index in [4.69, 9.17) is 4.74 Å². The molecule has 6 heteroatoms. The van der Waals surface area contributed by atoms with Crippen molar-refractivity contribution < 1.29 is 14.3 Å². The zero-order valence-corrected chi connectivity index (χ0v) is 13.2. The average molecular weight is 305 g/mol. The lowest BCUT2D eigenvalue weighted by Gasteiger charge is -2.27. The topological polar surface area (TPSA) is 73.2 Å². The number of hydrogen-bond acceptors (Lipinski definition) is 4. The number of carbonyl (C=O) groups is 2. The summed E-state index contributed by atoms with van der Waals surface area (Å²) >= 11 is 0. The van der Waals surface area contributed by atoms with Crippen molar-refractivity contribution in [2.75, 3.05) is 0 Å². The Morgan fingerprint density at radius 2 is 2.23 bits per heavy atom. The molecule has 1 aliphatic heterocycles. The van der Waals surface area contributed by atoms with Crippen molar-refractivity contribution in [3.63, 3.8) is 0 Å². The third-order valence-corrected chi connectivity index (χ3v) is 4.82. The van der Waals surface area contributed by atoms with Gasteiger partial charge in [-0.25, -0.2) is 4.98 Å². The van der Waals surface area contributed by atoms with Crippen molar-refractivity contribution in [3.8, 4) is 0 Å². The second-order valence-corrected chi connectivity index (χ2v) is 6.56. The lowest BCUT2D eigenvalue weighted by Crippen LogP contribution is -2.42. The molecule has 1 aromatic heterocycles. The summed E-state index contributed by atoms with van der Waals surface area (Å²) in [5, 5.41) is 2.94. The first-order valence-electron chi connectivity index (χ1n) is 8.03. The van der Waals surface area contributed by atoms with E-state index in [9.17, 15) is 9.59 Å². The van der Waals surface area contributed by atoms with Gasteiger partial charge >= 0.3 is 5.97 Å². The highest BCUT2D eigenvalue weighted by Crippen LogP contribution is 2.45. The van der Waals surface area contributed by atoms with Crippen LogP contribution in [0, 0.1) is 5.92 Å².